The fraction of sp³-hybridized carbons (Fsp3) is 0.588. The number of piperidine rings is 1. The molecule has 1 aromatic rings. The van der Waals surface area contributed by atoms with Gasteiger partial charge in [-0.15, -0.1) is 0 Å². The summed E-state index contributed by atoms with van der Waals surface area (Å²) in [5, 5.41) is 10.3. The number of ether oxygens (including phenoxy) is 1. The lowest BCUT2D eigenvalue weighted by atomic mass is 9.97. The van der Waals surface area contributed by atoms with E-state index in [9.17, 15) is 14.3 Å². The van der Waals surface area contributed by atoms with Crippen molar-refractivity contribution in [2.45, 2.75) is 32.8 Å². The maximum atomic E-state index is 13.3. The van der Waals surface area contributed by atoms with E-state index >= 15 is 0 Å². The van der Waals surface area contributed by atoms with E-state index < -0.39 is 6.10 Å². The first-order valence-corrected chi connectivity index (χ1v) is 7.84. The van der Waals surface area contributed by atoms with Crippen LogP contribution in [0.1, 0.15) is 37.0 Å². The first-order chi connectivity index (χ1) is 10.5. The van der Waals surface area contributed by atoms with Gasteiger partial charge >= 0.3 is 5.97 Å². The van der Waals surface area contributed by atoms with Gasteiger partial charge in [-0.05, 0) is 50.4 Å². The number of carbonyl (C=O) groups excluding carboxylic acids is 1. The molecule has 2 rings (SSSR count). The number of rotatable bonds is 5. The Labute approximate surface area is 130 Å². The summed E-state index contributed by atoms with van der Waals surface area (Å²) in [6.07, 6.45) is 1.07. The highest BCUT2D eigenvalue weighted by Crippen LogP contribution is 2.22. The summed E-state index contributed by atoms with van der Waals surface area (Å²) in [5.74, 6) is -0.536. The summed E-state index contributed by atoms with van der Waals surface area (Å²) in [6.45, 7) is 5.79. The Morgan fingerprint density at radius 3 is 3.00 bits per heavy atom. The maximum Gasteiger partial charge on any atom is 0.310 e. The number of likely N-dealkylation sites (tertiary alicyclic amines) is 1. The number of aryl methyl sites for hydroxylation is 1. The van der Waals surface area contributed by atoms with Crippen LogP contribution in [0.3, 0.4) is 0 Å². The van der Waals surface area contributed by atoms with Gasteiger partial charge in [0.2, 0.25) is 0 Å². The molecule has 1 aliphatic heterocycles. The molecule has 5 heteroatoms. The first-order valence-electron chi connectivity index (χ1n) is 7.84. The molecule has 1 N–H and O–H groups in total. The van der Waals surface area contributed by atoms with Gasteiger partial charge in [-0.2, -0.15) is 0 Å². The van der Waals surface area contributed by atoms with E-state index in [4.69, 9.17) is 4.74 Å². The monoisotopic (exact) mass is 309 g/mol. The van der Waals surface area contributed by atoms with Gasteiger partial charge in [0.25, 0.3) is 0 Å². The molecule has 2 atom stereocenters. The number of hydrogen-bond acceptors (Lipinski definition) is 4. The Kier molecular flexibility index (Phi) is 5.91. The second-order valence-corrected chi connectivity index (χ2v) is 5.88. The van der Waals surface area contributed by atoms with Crippen LogP contribution in [0.2, 0.25) is 0 Å². The van der Waals surface area contributed by atoms with Crippen molar-refractivity contribution < 1.29 is 19.0 Å². The van der Waals surface area contributed by atoms with Gasteiger partial charge in [-0.3, -0.25) is 9.69 Å². The van der Waals surface area contributed by atoms with Gasteiger partial charge in [0, 0.05) is 13.1 Å². The molecule has 122 valence electrons. The second-order valence-electron chi connectivity index (χ2n) is 5.88. The Morgan fingerprint density at radius 1 is 1.55 bits per heavy atom. The van der Waals surface area contributed by atoms with Crippen molar-refractivity contribution in [1.29, 1.82) is 0 Å². The molecule has 1 heterocycles. The van der Waals surface area contributed by atoms with E-state index in [1.54, 1.807) is 26.0 Å². The number of β-amino-alcohol motifs (C(OH)–C–C–N with tert-alkyl or cyclic N) is 1. The van der Waals surface area contributed by atoms with Crippen LogP contribution in [-0.4, -0.2) is 42.2 Å². The van der Waals surface area contributed by atoms with E-state index in [-0.39, 0.29) is 17.7 Å². The minimum absolute atomic E-state index is 0.115. The molecule has 0 spiro atoms. The summed E-state index contributed by atoms with van der Waals surface area (Å²) in [5.41, 5.74) is 1.23. The fourth-order valence-corrected chi connectivity index (χ4v) is 2.90. The summed E-state index contributed by atoms with van der Waals surface area (Å²) in [6, 6.07) is 4.66. The van der Waals surface area contributed by atoms with Crippen LogP contribution in [0.5, 0.6) is 0 Å². The minimum Gasteiger partial charge on any atom is -0.466 e. The van der Waals surface area contributed by atoms with E-state index in [0.29, 0.717) is 30.8 Å². The van der Waals surface area contributed by atoms with E-state index in [2.05, 4.69) is 4.90 Å². The predicted molar refractivity (Wildman–Crippen MR) is 81.9 cm³/mol. The lowest BCUT2D eigenvalue weighted by molar-refractivity contribution is -0.150. The van der Waals surface area contributed by atoms with Crippen molar-refractivity contribution >= 4 is 5.97 Å². The smallest absolute Gasteiger partial charge is 0.310 e. The molecular formula is C17H24FNO3. The largest absolute Gasteiger partial charge is 0.466 e. The van der Waals surface area contributed by atoms with Crippen molar-refractivity contribution in [2.24, 2.45) is 5.92 Å². The highest BCUT2D eigenvalue weighted by molar-refractivity contribution is 5.72. The zero-order valence-electron chi connectivity index (χ0n) is 13.2. The van der Waals surface area contributed by atoms with Crippen LogP contribution in [0, 0.1) is 18.7 Å². The molecule has 1 aromatic carbocycles. The highest BCUT2D eigenvalue weighted by atomic mass is 19.1. The SMILES string of the molecule is CCOC(=O)C1CCCN(CC(O)c2ccc(F)c(C)c2)C1. The summed E-state index contributed by atoms with van der Waals surface area (Å²) >= 11 is 0. The summed E-state index contributed by atoms with van der Waals surface area (Å²) in [7, 11) is 0. The number of nitrogens with zero attached hydrogens (tertiary/aromatic N) is 1. The number of hydrogen-bond donors (Lipinski definition) is 1. The fourth-order valence-electron chi connectivity index (χ4n) is 2.90. The van der Waals surface area contributed by atoms with E-state index in [1.165, 1.54) is 6.07 Å². The number of benzene rings is 1. The van der Waals surface area contributed by atoms with Gasteiger partial charge < -0.3 is 9.84 Å². The van der Waals surface area contributed by atoms with Crippen molar-refractivity contribution in [3.8, 4) is 0 Å². The number of esters is 1. The second kappa shape index (κ2) is 7.70. The number of halogens is 1. The van der Waals surface area contributed by atoms with E-state index in [0.717, 1.165) is 19.4 Å². The number of carbonyl (C=O) groups is 1. The van der Waals surface area contributed by atoms with Crippen LogP contribution in [-0.2, 0) is 9.53 Å². The molecule has 0 aliphatic carbocycles. The average Bonchev–Trinajstić information content (AvgIpc) is 2.50. The third kappa shape index (κ3) is 4.27. The van der Waals surface area contributed by atoms with Crippen molar-refractivity contribution in [2.75, 3.05) is 26.2 Å². The van der Waals surface area contributed by atoms with Crippen molar-refractivity contribution in [3.63, 3.8) is 0 Å². The third-order valence-corrected chi connectivity index (χ3v) is 4.12. The highest BCUT2D eigenvalue weighted by Gasteiger charge is 2.28. The lowest BCUT2D eigenvalue weighted by Crippen LogP contribution is -2.41. The van der Waals surface area contributed by atoms with Gasteiger partial charge in [-0.1, -0.05) is 12.1 Å². The Bertz CT molecular complexity index is 521. The molecule has 22 heavy (non-hydrogen) atoms. The van der Waals surface area contributed by atoms with Crippen LogP contribution in [0.25, 0.3) is 0 Å². The summed E-state index contributed by atoms with van der Waals surface area (Å²) in [4.78, 5) is 13.9. The molecule has 1 aliphatic rings. The van der Waals surface area contributed by atoms with Gasteiger partial charge in [0.1, 0.15) is 5.82 Å². The van der Waals surface area contributed by atoms with Crippen molar-refractivity contribution in [3.05, 3.63) is 35.1 Å². The molecule has 1 saturated heterocycles. The average molecular weight is 309 g/mol. The maximum absolute atomic E-state index is 13.3. The first kappa shape index (κ1) is 16.9. The molecule has 4 nitrogen and oxygen atoms in total. The van der Waals surface area contributed by atoms with Gasteiger partial charge in [0.15, 0.2) is 0 Å². The van der Waals surface area contributed by atoms with Gasteiger partial charge in [0.05, 0.1) is 18.6 Å². The van der Waals surface area contributed by atoms with Crippen LogP contribution in [0.15, 0.2) is 18.2 Å². The molecule has 0 saturated carbocycles. The van der Waals surface area contributed by atoms with Crippen LogP contribution < -0.4 is 0 Å². The molecule has 0 aromatic heterocycles. The van der Waals surface area contributed by atoms with Crippen molar-refractivity contribution in [1.82, 2.24) is 4.90 Å². The molecule has 0 radical (unpaired) electrons. The molecular weight excluding hydrogens is 285 g/mol. The molecule has 0 bridgehead atoms. The third-order valence-electron chi connectivity index (χ3n) is 4.12. The molecule has 2 unspecified atom stereocenters. The minimum atomic E-state index is -0.680. The Hall–Kier alpha value is -1.46. The van der Waals surface area contributed by atoms with E-state index in [1.807, 2.05) is 0 Å². The van der Waals surface area contributed by atoms with Crippen LogP contribution in [0.4, 0.5) is 4.39 Å². The summed E-state index contributed by atoms with van der Waals surface area (Å²) < 4.78 is 18.4. The molecule has 1 fully saturated rings. The Balaban J connectivity index is 1.94. The zero-order valence-corrected chi connectivity index (χ0v) is 13.2. The van der Waals surface area contributed by atoms with Gasteiger partial charge in [-0.25, -0.2) is 4.39 Å². The molecule has 0 amide bonds. The quantitative estimate of drug-likeness (QED) is 0.849. The standard InChI is InChI=1S/C17H24FNO3/c1-3-22-17(21)14-5-4-8-19(10-14)11-16(20)13-6-7-15(18)12(2)9-13/h6-7,9,14,16,20H,3-5,8,10-11H2,1-2H3. The number of aliphatic hydroxyl groups is 1. The zero-order chi connectivity index (χ0) is 16.1. The Morgan fingerprint density at radius 2 is 2.32 bits per heavy atom. The predicted octanol–water partition coefficient (Wildman–Crippen LogP) is 2.44. The normalized spacial score (nSPS) is 20.6. The van der Waals surface area contributed by atoms with Crippen LogP contribution >= 0.6 is 0 Å². The number of aliphatic hydroxyl groups excluding tert-OH is 1. The lowest BCUT2D eigenvalue weighted by Gasteiger charge is -2.32. The topological polar surface area (TPSA) is 49.8 Å².